The molecule has 0 aliphatic rings. The van der Waals surface area contributed by atoms with Gasteiger partial charge in [-0.25, -0.2) is 4.98 Å². The van der Waals surface area contributed by atoms with Crippen molar-refractivity contribution in [2.45, 2.75) is 13.3 Å². The molecule has 0 bridgehead atoms. The monoisotopic (exact) mass is 148 g/mol. The molecular formula is C9H12N2. The zero-order valence-corrected chi connectivity index (χ0v) is 6.67. The molecule has 0 radical (unpaired) electrons. The molecule has 11 heavy (non-hydrogen) atoms. The molecule has 0 aliphatic heterocycles. The number of aromatic nitrogens is 1. The van der Waals surface area contributed by atoms with Crippen LogP contribution in [0.4, 0.5) is 5.82 Å². The van der Waals surface area contributed by atoms with Gasteiger partial charge in [0.2, 0.25) is 0 Å². The van der Waals surface area contributed by atoms with Gasteiger partial charge in [-0.1, -0.05) is 19.6 Å². The van der Waals surface area contributed by atoms with Crippen LogP contribution in [0.5, 0.6) is 0 Å². The summed E-state index contributed by atoms with van der Waals surface area (Å²) < 4.78 is 0. The number of nitrogen functional groups attached to an aromatic ring is 1. The topological polar surface area (TPSA) is 38.9 Å². The number of hydrogen-bond acceptors (Lipinski definition) is 2. The van der Waals surface area contributed by atoms with Crippen molar-refractivity contribution in [3.05, 3.63) is 30.0 Å². The van der Waals surface area contributed by atoms with Gasteiger partial charge >= 0.3 is 0 Å². The Kier molecular flexibility index (Phi) is 2.26. The molecule has 0 amide bonds. The van der Waals surface area contributed by atoms with Crippen LogP contribution in [0.15, 0.2) is 18.7 Å². The van der Waals surface area contributed by atoms with Crippen LogP contribution in [0.25, 0.3) is 6.08 Å². The molecule has 1 rings (SSSR count). The second-order valence-electron chi connectivity index (χ2n) is 2.33. The van der Waals surface area contributed by atoms with Gasteiger partial charge in [-0.3, -0.25) is 0 Å². The predicted molar refractivity (Wildman–Crippen MR) is 48.1 cm³/mol. The number of aryl methyl sites for hydroxylation is 1. The lowest BCUT2D eigenvalue weighted by Crippen LogP contribution is -1.96. The molecule has 0 aliphatic carbocycles. The van der Waals surface area contributed by atoms with Gasteiger partial charge < -0.3 is 5.73 Å². The molecule has 0 saturated heterocycles. The second kappa shape index (κ2) is 3.19. The van der Waals surface area contributed by atoms with Crippen LogP contribution in [0.3, 0.4) is 0 Å². The lowest BCUT2D eigenvalue weighted by molar-refractivity contribution is 1.03. The Labute approximate surface area is 66.8 Å². The van der Waals surface area contributed by atoms with Crippen molar-refractivity contribution in [1.29, 1.82) is 0 Å². The van der Waals surface area contributed by atoms with Crippen LogP contribution in [0.1, 0.15) is 18.2 Å². The minimum atomic E-state index is 0.576. The molecule has 1 aromatic heterocycles. The van der Waals surface area contributed by atoms with E-state index in [4.69, 9.17) is 5.73 Å². The Bertz CT molecular complexity index is 266. The van der Waals surface area contributed by atoms with Crippen molar-refractivity contribution in [2.24, 2.45) is 0 Å². The Morgan fingerprint density at radius 1 is 1.64 bits per heavy atom. The third kappa shape index (κ3) is 1.58. The zero-order valence-electron chi connectivity index (χ0n) is 6.67. The third-order valence-electron chi connectivity index (χ3n) is 1.59. The van der Waals surface area contributed by atoms with Gasteiger partial charge in [-0.15, -0.1) is 0 Å². The fraction of sp³-hybridized carbons (Fsp3) is 0.222. The molecule has 2 N–H and O–H groups in total. The van der Waals surface area contributed by atoms with Crippen molar-refractivity contribution in [3.63, 3.8) is 0 Å². The summed E-state index contributed by atoms with van der Waals surface area (Å²) in [4.78, 5) is 4.17. The minimum Gasteiger partial charge on any atom is -0.384 e. The fourth-order valence-corrected chi connectivity index (χ4v) is 0.998. The molecule has 1 heterocycles. The van der Waals surface area contributed by atoms with Gasteiger partial charge in [-0.05, 0) is 24.1 Å². The van der Waals surface area contributed by atoms with E-state index in [9.17, 15) is 0 Å². The SMILES string of the molecule is C=Cc1ccc(N)nc1CC. The smallest absolute Gasteiger partial charge is 0.123 e. The van der Waals surface area contributed by atoms with E-state index < -0.39 is 0 Å². The van der Waals surface area contributed by atoms with E-state index in [2.05, 4.69) is 18.5 Å². The Morgan fingerprint density at radius 2 is 2.36 bits per heavy atom. The van der Waals surface area contributed by atoms with Gasteiger partial charge in [0.15, 0.2) is 0 Å². The maximum Gasteiger partial charge on any atom is 0.123 e. The van der Waals surface area contributed by atoms with E-state index in [1.165, 1.54) is 0 Å². The van der Waals surface area contributed by atoms with E-state index in [0.29, 0.717) is 5.82 Å². The molecule has 0 fully saturated rings. The van der Waals surface area contributed by atoms with Gasteiger partial charge in [0, 0.05) is 5.69 Å². The standard InChI is InChI=1S/C9H12N2/c1-3-7-5-6-9(10)11-8(7)4-2/h3,5-6H,1,4H2,2H3,(H2,10,11). The lowest BCUT2D eigenvalue weighted by atomic mass is 10.1. The molecule has 1 aromatic rings. The zero-order chi connectivity index (χ0) is 8.27. The van der Waals surface area contributed by atoms with Gasteiger partial charge in [0.1, 0.15) is 5.82 Å². The third-order valence-corrected chi connectivity index (χ3v) is 1.59. The van der Waals surface area contributed by atoms with E-state index in [1.54, 1.807) is 12.1 Å². The van der Waals surface area contributed by atoms with Crippen LogP contribution < -0.4 is 5.73 Å². The number of hydrogen-bond donors (Lipinski definition) is 1. The maximum atomic E-state index is 5.51. The lowest BCUT2D eigenvalue weighted by Gasteiger charge is -2.01. The summed E-state index contributed by atoms with van der Waals surface area (Å²) in [5, 5.41) is 0. The summed E-state index contributed by atoms with van der Waals surface area (Å²) in [6.45, 7) is 5.74. The normalized spacial score (nSPS) is 9.55. The Morgan fingerprint density at radius 3 is 2.91 bits per heavy atom. The first-order valence-corrected chi connectivity index (χ1v) is 3.65. The first kappa shape index (κ1) is 7.79. The second-order valence-corrected chi connectivity index (χ2v) is 2.33. The first-order valence-electron chi connectivity index (χ1n) is 3.65. The highest BCUT2D eigenvalue weighted by Crippen LogP contribution is 2.10. The van der Waals surface area contributed by atoms with E-state index in [0.717, 1.165) is 17.7 Å². The first-order chi connectivity index (χ1) is 5.27. The Hall–Kier alpha value is -1.31. The van der Waals surface area contributed by atoms with Crippen LogP contribution in [-0.4, -0.2) is 4.98 Å². The highest BCUT2D eigenvalue weighted by atomic mass is 14.8. The summed E-state index contributed by atoms with van der Waals surface area (Å²) in [7, 11) is 0. The molecule has 0 saturated carbocycles. The summed E-state index contributed by atoms with van der Waals surface area (Å²) in [5.41, 5.74) is 7.60. The summed E-state index contributed by atoms with van der Waals surface area (Å²) in [6, 6.07) is 3.73. The van der Waals surface area contributed by atoms with Gasteiger partial charge in [0.25, 0.3) is 0 Å². The van der Waals surface area contributed by atoms with E-state index >= 15 is 0 Å². The molecule has 58 valence electrons. The fourth-order valence-electron chi connectivity index (χ4n) is 0.998. The summed E-state index contributed by atoms with van der Waals surface area (Å²) in [5.74, 6) is 0.576. The number of pyridine rings is 1. The molecule has 0 aromatic carbocycles. The van der Waals surface area contributed by atoms with Crippen molar-refractivity contribution in [3.8, 4) is 0 Å². The highest BCUT2D eigenvalue weighted by Gasteiger charge is 1.97. The van der Waals surface area contributed by atoms with Crippen LogP contribution in [-0.2, 0) is 6.42 Å². The molecule has 0 atom stereocenters. The highest BCUT2D eigenvalue weighted by molar-refractivity contribution is 5.52. The molecular weight excluding hydrogens is 136 g/mol. The van der Waals surface area contributed by atoms with Crippen molar-refractivity contribution >= 4 is 11.9 Å². The van der Waals surface area contributed by atoms with Crippen molar-refractivity contribution in [1.82, 2.24) is 4.98 Å². The minimum absolute atomic E-state index is 0.576. The van der Waals surface area contributed by atoms with Crippen LogP contribution in [0, 0.1) is 0 Å². The molecule has 2 nitrogen and oxygen atoms in total. The average Bonchev–Trinajstić information content (AvgIpc) is 2.04. The number of nitrogens with two attached hydrogens (primary N) is 1. The molecule has 0 spiro atoms. The quantitative estimate of drug-likeness (QED) is 0.695. The van der Waals surface area contributed by atoms with Crippen LogP contribution in [0.2, 0.25) is 0 Å². The Balaban J connectivity index is 3.16. The predicted octanol–water partition coefficient (Wildman–Crippen LogP) is 1.87. The largest absolute Gasteiger partial charge is 0.384 e. The molecule has 2 heteroatoms. The average molecular weight is 148 g/mol. The van der Waals surface area contributed by atoms with E-state index in [-0.39, 0.29) is 0 Å². The van der Waals surface area contributed by atoms with Crippen molar-refractivity contribution < 1.29 is 0 Å². The van der Waals surface area contributed by atoms with E-state index in [1.807, 2.05) is 6.07 Å². The van der Waals surface area contributed by atoms with Crippen molar-refractivity contribution in [2.75, 3.05) is 5.73 Å². The molecule has 0 unspecified atom stereocenters. The van der Waals surface area contributed by atoms with Gasteiger partial charge in [-0.2, -0.15) is 0 Å². The number of nitrogens with zero attached hydrogens (tertiary/aromatic N) is 1. The van der Waals surface area contributed by atoms with Crippen LogP contribution >= 0.6 is 0 Å². The summed E-state index contributed by atoms with van der Waals surface area (Å²) >= 11 is 0. The number of anilines is 1. The number of rotatable bonds is 2. The maximum absolute atomic E-state index is 5.51. The van der Waals surface area contributed by atoms with Gasteiger partial charge in [0.05, 0.1) is 0 Å². The summed E-state index contributed by atoms with van der Waals surface area (Å²) in [6.07, 6.45) is 2.69.